The minimum atomic E-state index is 0.174. The maximum atomic E-state index is 11.8. The Labute approximate surface area is 101 Å². The third-order valence-corrected chi connectivity index (χ3v) is 3.33. The van der Waals surface area contributed by atoms with Gasteiger partial charge in [0.1, 0.15) is 0 Å². The molecule has 1 aliphatic heterocycles. The summed E-state index contributed by atoms with van der Waals surface area (Å²) in [7, 11) is 0. The molecule has 1 aromatic carbocycles. The third kappa shape index (κ3) is 2.07. The lowest BCUT2D eigenvalue weighted by molar-refractivity contribution is -0.117. The molecular weight excluding hydrogens is 218 g/mol. The maximum absolute atomic E-state index is 11.8. The van der Waals surface area contributed by atoms with Crippen LogP contribution >= 0.6 is 12.6 Å². The quantitative estimate of drug-likeness (QED) is 0.609. The Morgan fingerprint density at radius 2 is 2.12 bits per heavy atom. The van der Waals surface area contributed by atoms with Gasteiger partial charge in [0.15, 0.2) is 0 Å². The minimum Gasteiger partial charge on any atom is -0.312 e. The molecule has 1 aliphatic rings. The van der Waals surface area contributed by atoms with Crippen molar-refractivity contribution < 1.29 is 4.79 Å². The summed E-state index contributed by atoms with van der Waals surface area (Å²) in [6.45, 7) is 0.762. The molecule has 1 aromatic rings. The van der Waals surface area contributed by atoms with E-state index in [0.29, 0.717) is 12.3 Å². The van der Waals surface area contributed by atoms with E-state index in [-0.39, 0.29) is 5.91 Å². The minimum absolute atomic E-state index is 0.174. The van der Waals surface area contributed by atoms with Gasteiger partial charge in [0.2, 0.25) is 5.91 Å². The second-order valence-electron chi connectivity index (χ2n) is 3.95. The molecule has 0 aliphatic carbocycles. The van der Waals surface area contributed by atoms with Crippen LogP contribution in [0.5, 0.6) is 0 Å². The molecule has 1 atom stereocenters. The first-order valence-corrected chi connectivity index (χ1v) is 5.85. The number of thiol groups is 1. The second-order valence-corrected chi connectivity index (χ2v) is 4.31. The summed E-state index contributed by atoms with van der Waals surface area (Å²) in [5.41, 5.74) is 1.76. The number of hydrogen-bond acceptors (Lipinski definition) is 2. The molecule has 3 heteroatoms. The summed E-state index contributed by atoms with van der Waals surface area (Å²) in [6, 6.07) is 7.51. The zero-order valence-electron chi connectivity index (χ0n) is 8.89. The monoisotopic (exact) mass is 231 g/mol. The molecule has 1 fully saturated rings. The summed E-state index contributed by atoms with van der Waals surface area (Å²) in [6.07, 6.45) is 5.88. The van der Waals surface area contributed by atoms with Gasteiger partial charge in [-0.05, 0) is 35.9 Å². The Balaban J connectivity index is 2.19. The fraction of sp³-hybridized carbons (Fsp3) is 0.308. The molecule has 0 spiro atoms. The van der Waals surface area contributed by atoms with Gasteiger partial charge >= 0.3 is 0 Å². The molecule has 16 heavy (non-hydrogen) atoms. The van der Waals surface area contributed by atoms with Gasteiger partial charge in [-0.3, -0.25) is 4.79 Å². The lowest BCUT2D eigenvalue weighted by Gasteiger charge is -2.16. The van der Waals surface area contributed by atoms with Crippen LogP contribution in [-0.2, 0) is 4.79 Å². The summed E-state index contributed by atoms with van der Waals surface area (Å²) < 4.78 is 0. The Kier molecular flexibility index (Phi) is 3.21. The van der Waals surface area contributed by atoms with E-state index >= 15 is 0 Å². The van der Waals surface area contributed by atoms with Gasteiger partial charge < -0.3 is 4.90 Å². The van der Waals surface area contributed by atoms with E-state index in [9.17, 15) is 4.79 Å². The number of nitrogens with zero attached hydrogens (tertiary/aromatic N) is 1. The van der Waals surface area contributed by atoms with Gasteiger partial charge in [0.05, 0.1) is 0 Å². The van der Waals surface area contributed by atoms with Gasteiger partial charge in [-0.1, -0.05) is 5.92 Å². The van der Waals surface area contributed by atoms with Crippen molar-refractivity contribution >= 4 is 24.2 Å². The number of carbonyl (C=O) groups is 1. The Bertz CT molecular complexity index is 432. The van der Waals surface area contributed by atoms with Crippen LogP contribution in [0, 0.1) is 18.3 Å². The van der Waals surface area contributed by atoms with Crippen LogP contribution < -0.4 is 4.90 Å². The lowest BCUT2D eigenvalue weighted by atomic mass is 10.1. The lowest BCUT2D eigenvalue weighted by Crippen LogP contribution is -2.24. The van der Waals surface area contributed by atoms with E-state index in [1.54, 1.807) is 4.90 Å². The van der Waals surface area contributed by atoms with Gasteiger partial charge in [-0.15, -0.1) is 6.42 Å². The van der Waals surface area contributed by atoms with E-state index < -0.39 is 0 Å². The number of terminal acetylenes is 1. The Morgan fingerprint density at radius 3 is 2.62 bits per heavy atom. The van der Waals surface area contributed by atoms with Gasteiger partial charge in [-0.25, -0.2) is 0 Å². The number of benzene rings is 1. The average molecular weight is 231 g/mol. The number of rotatable bonds is 2. The largest absolute Gasteiger partial charge is 0.312 e. The number of hydrogen-bond donors (Lipinski definition) is 1. The first kappa shape index (κ1) is 11.1. The van der Waals surface area contributed by atoms with Crippen LogP contribution in [-0.4, -0.2) is 18.2 Å². The predicted molar refractivity (Wildman–Crippen MR) is 68.7 cm³/mol. The van der Waals surface area contributed by atoms with Crippen molar-refractivity contribution in [3.8, 4) is 12.3 Å². The molecule has 0 N–H and O–H groups in total. The van der Waals surface area contributed by atoms with E-state index in [2.05, 4.69) is 18.5 Å². The highest BCUT2D eigenvalue weighted by Gasteiger charge is 2.29. The Morgan fingerprint density at radius 1 is 1.44 bits per heavy atom. The molecule has 0 saturated carbocycles. The van der Waals surface area contributed by atoms with E-state index in [1.807, 2.05) is 24.3 Å². The van der Waals surface area contributed by atoms with Crippen molar-refractivity contribution in [2.75, 3.05) is 17.2 Å². The van der Waals surface area contributed by atoms with E-state index in [1.165, 1.54) is 0 Å². The highest BCUT2D eigenvalue weighted by atomic mass is 32.1. The predicted octanol–water partition coefficient (Wildman–Crippen LogP) is 1.95. The third-order valence-electron chi connectivity index (χ3n) is 2.81. The zero-order valence-corrected chi connectivity index (χ0v) is 9.78. The summed E-state index contributed by atoms with van der Waals surface area (Å²) in [5.74, 6) is 3.85. The normalized spacial score (nSPS) is 19.9. The van der Waals surface area contributed by atoms with Crippen LogP contribution in [0.1, 0.15) is 12.0 Å². The number of anilines is 1. The van der Waals surface area contributed by atoms with Gasteiger partial charge in [-0.2, -0.15) is 12.6 Å². The van der Waals surface area contributed by atoms with Crippen LogP contribution in [0.25, 0.3) is 0 Å². The van der Waals surface area contributed by atoms with Crippen molar-refractivity contribution in [1.29, 1.82) is 0 Å². The van der Waals surface area contributed by atoms with Crippen LogP contribution in [0.15, 0.2) is 24.3 Å². The van der Waals surface area contributed by atoms with Crippen molar-refractivity contribution in [3.05, 3.63) is 29.8 Å². The van der Waals surface area contributed by atoms with E-state index in [4.69, 9.17) is 6.42 Å². The Hall–Kier alpha value is -1.40. The second kappa shape index (κ2) is 4.63. The summed E-state index contributed by atoms with van der Waals surface area (Å²) in [5, 5.41) is 0. The highest BCUT2D eigenvalue weighted by Crippen LogP contribution is 2.25. The first-order valence-electron chi connectivity index (χ1n) is 5.22. The smallest absolute Gasteiger partial charge is 0.227 e. The average Bonchev–Trinajstić information content (AvgIpc) is 2.71. The van der Waals surface area contributed by atoms with Crippen molar-refractivity contribution in [3.63, 3.8) is 0 Å². The fourth-order valence-electron chi connectivity index (χ4n) is 1.89. The fourth-order valence-corrected chi connectivity index (χ4v) is 2.14. The molecule has 1 unspecified atom stereocenters. The molecule has 0 radical (unpaired) electrons. The number of amides is 1. The molecule has 2 nitrogen and oxygen atoms in total. The molecule has 1 amide bonds. The van der Waals surface area contributed by atoms with Gasteiger partial charge in [0, 0.05) is 24.2 Å². The molecule has 0 bridgehead atoms. The van der Waals surface area contributed by atoms with Crippen LogP contribution in [0.3, 0.4) is 0 Å². The SMILES string of the molecule is C#Cc1ccc(N2CC(CS)CC2=O)cc1. The van der Waals surface area contributed by atoms with Gasteiger partial charge in [0.25, 0.3) is 0 Å². The van der Waals surface area contributed by atoms with Crippen molar-refractivity contribution in [2.45, 2.75) is 6.42 Å². The molecule has 1 saturated heterocycles. The van der Waals surface area contributed by atoms with Crippen LogP contribution in [0.4, 0.5) is 5.69 Å². The maximum Gasteiger partial charge on any atom is 0.227 e. The molecular formula is C13H13NOS. The van der Waals surface area contributed by atoms with E-state index in [0.717, 1.165) is 23.5 Å². The first-order chi connectivity index (χ1) is 7.74. The number of carbonyl (C=O) groups excluding carboxylic acids is 1. The van der Waals surface area contributed by atoms with Crippen LogP contribution in [0.2, 0.25) is 0 Å². The standard InChI is InChI=1S/C13H13NOS/c1-2-10-3-5-12(6-4-10)14-8-11(9-16)7-13(14)15/h1,3-6,11,16H,7-9H2. The highest BCUT2D eigenvalue weighted by molar-refractivity contribution is 7.80. The summed E-state index contributed by atoms with van der Waals surface area (Å²) in [4.78, 5) is 13.6. The van der Waals surface area contributed by atoms with Crippen molar-refractivity contribution in [1.82, 2.24) is 0 Å². The zero-order chi connectivity index (χ0) is 11.5. The topological polar surface area (TPSA) is 20.3 Å². The molecule has 2 rings (SSSR count). The molecule has 1 heterocycles. The summed E-state index contributed by atoms with van der Waals surface area (Å²) >= 11 is 4.24. The van der Waals surface area contributed by atoms with Crippen molar-refractivity contribution in [2.24, 2.45) is 5.92 Å². The molecule has 0 aromatic heterocycles. The molecule has 82 valence electrons.